The van der Waals surface area contributed by atoms with E-state index in [-0.39, 0.29) is 11.6 Å². The lowest BCUT2D eigenvalue weighted by Crippen LogP contribution is -2.63. The first-order valence-corrected chi connectivity index (χ1v) is 5.26. The van der Waals surface area contributed by atoms with Crippen molar-refractivity contribution in [2.75, 3.05) is 18.8 Å². The molecule has 1 saturated heterocycles. The second-order valence-corrected chi connectivity index (χ2v) is 4.35. The van der Waals surface area contributed by atoms with E-state index in [9.17, 15) is 9.90 Å². The first-order valence-electron chi connectivity index (χ1n) is 5.26. The number of carbonyl (C=O) groups excluding carboxylic acids is 1. The van der Waals surface area contributed by atoms with Gasteiger partial charge in [-0.3, -0.25) is 9.48 Å². The minimum atomic E-state index is -0.723. The van der Waals surface area contributed by atoms with Gasteiger partial charge in [-0.05, 0) is 6.42 Å². The average molecular weight is 224 g/mol. The van der Waals surface area contributed by atoms with Crippen molar-refractivity contribution in [2.45, 2.75) is 18.9 Å². The normalized spacial score (nSPS) is 18.3. The van der Waals surface area contributed by atoms with E-state index in [1.54, 1.807) is 18.1 Å². The van der Waals surface area contributed by atoms with Crippen molar-refractivity contribution in [1.82, 2.24) is 14.7 Å². The van der Waals surface area contributed by atoms with E-state index < -0.39 is 5.60 Å². The molecule has 6 heteroatoms. The van der Waals surface area contributed by atoms with Crippen LogP contribution in [0.5, 0.6) is 0 Å². The number of β-amino-alcohol motifs (C(OH)–C–C–N with tert-alkyl or cyclic N) is 1. The van der Waals surface area contributed by atoms with Crippen LogP contribution in [0, 0.1) is 0 Å². The molecule has 0 aliphatic carbocycles. The van der Waals surface area contributed by atoms with E-state index in [1.165, 1.54) is 4.68 Å². The van der Waals surface area contributed by atoms with Crippen molar-refractivity contribution in [1.29, 1.82) is 0 Å². The van der Waals surface area contributed by atoms with Gasteiger partial charge >= 0.3 is 0 Å². The lowest BCUT2D eigenvalue weighted by molar-refractivity contribution is -0.0828. The number of nitrogens with two attached hydrogens (primary N) is 1. The molecule has 0 saturated carbocycles. The Balaban J connectivity index is 2.08. The summed E-state index contributed by atoms with van der Waals surface area (Å²) in [7, 11) is 1.71. The minimum Gasteiger partial charge on any atom is -0.396 e. The lowest BCUT2D eigenvalue weighted by Gasteiger charge is -2.45. The summed E-state index contributed by atoms with van der Waals surface area (Å²) in [6, 6.07) is 0. The molecular formula is C10H16N4O2. The zero-order valence-corrected chi connectivity index (χ0v) is 9.47. The summed E-state index contributed by atoms with van der Waals surface area (Å²) >= 11 is 0. The number of carbonyl (C=O) groups is 1. The Labute approximate surface area is 93.6 Å². The molecule has 0 aromatic carbocycles. The van der Waals surface area contributed by atoms with Crippen LogP contribution in [-0.4, -0.2) is 44.4 Å². The standard InChI is InChI=1S/C10H16N4O2/c1-3-10(16)5-14(6-10)9(15)8-7(11)4-13(2)12-8/h4,16H,3,5-6,11H2,1-2H3. The van der Waals surface area contributed by atoms with Crippen molar-refractivity contribution in [2.24, 2.45) is 7.05 Å². The fourth-order valence-corrected chi connectivity index (χ4v) is 1.85. The molecule has 6 nitrogen and oxygen atoms in total. The number of likely N-dealkylation sites (tertiary alicyclic amines) is 1. The Kier molecular flexibility index (Phi) is 2.38. The van der Waals surface area contributed by atoms with Crippen molar-refractivity contribution >= 4 is 11.6 Å². The summed E-state index contributed by atoms with van der Waals surface area (Å²) in [5, 5.41) is 13.8. The number of nitrogens with zero attached hydrogens (tertiary/aromatic N) is 3. The molecular weight excluding hydrogens is 208 g/mol. The molecule has 1 aliphatic rings. The molecule has 0 atom stereocenters. The molecule has 88 valence electrons. The van der Waals surface area contributed by atoms with E-state index in [0.29, 0.717) is 25.2 Å². The third-order valence-electron chi connectivity index (χ3n) is 2.98. The smallest absolute Gasteiger partial charge is 0.276 e. The highest BCUT2D eigenvalue weighted by molar-refractivity contribution is 5.97. The fraction of sp³-hybridized carbons (Fsp3) is 0.600. The molecule has 1 aromatic heterocycles. The third kappa shape index (κ3) is 1.65. The number of hydrogen-bond donors (Lipinski definition) is 2. The van der Waals surface area contributed by atoms with Gasteiger partial charge in [-0.15, -0.1) is 0 Å². The van der Waals surface area contributed by atoms with Gasteiger partial charge < -0.3 is 15.7 Å². The number of anilines is 1. The van der Waals surface area contributed by atoms with E-state index in [0.717, 1.165) is 0 Å². The molecule has 0 bridgehead atoms. The zero-order chi connectivity index (χ0) is 11.9. The summed E-state index contributed by atoms with van der Waals surface area (Å²) in [6.07, 6.45) is 2.24. The van der Waals surface area contributed by atoms with Gasteiger partial charge in [0, 0.05) is 13.2 Å². The van der Waals surface area contributed by atoms with Crippen molar-refractivity contribution in [3.8, 4) is 0 Å². The third-order valence-corrected chi connectivity index (χ3v) is 2.98. The largest absolute Gasteiger partial charge is 0.396 e. The summed E-state index contributed by atoms with van der Waals surface area (Å²) < 4.78 is 1.51. The molecule has 16 heavy (non-hydrogen) atoms. The van der Waals surface area contributed by atoms with E-state index in [2.05, 4.69) is 5.10 Å². The number of aromatic nitrogens is 2. The minimum absolute atomic E-state index is 0.212. The van der Waals surface area contributed by atoms with Crippen LogP contribution in [0.15, 0.2) is 6.20 Å². The molecule has 0 unspecified atom stereocenters. The van der Waals surface area contributed by atoms with Crippen LogP contribution < -0.4 is 5.73 Å². The van der Waals surface area contributed by atoms with Crippen LogP contribution in [-0.2, 0) is 7.05 Å². The topological polar surface area (TPSA) is 84.4 Å². The molecule has 1 aliphatic heterocycles. The Morgan fingerprint density at radius 3 is 2.75 bits per heavy atom. The van der Waals surface area contributed by atoms with Crippen LogP contribution in [0.2, 0.25) is 0 Å². The van der Waals surface area contributed by atoms with Gasteiger partial charge in [0.15, 0.2) is 5.69 Å². The first-order chi connectivity index (χ1) is 7.45. The van der Waals surface area contributed by atoms with Gasteiger partial charge in [0.25, 0.3) is 5.91 Å². The Hall–Kier alpha value is -1.56. The average Bonchev–Trinajstić information content (AvgIpc) is 2.52. The van der Waals surface area contributed by atoms with E-state index in [4.69, 9.17) is 5.73 Å². The second kappa shape index (κ2) is 3.48. The molecule has 2 rings (SSSR count). The highest BCUT2D eigenvalue weighted by Gasteiger charge is 2.43. The highest BCUT2D eigenvalue weighted by Crippen LogP contribution is 2.26. The number of rotatable bonds is 2. The Morgan fingerprint density at radius 2 is 2.31 bits per heavy atom. The molecule has 1 aromatic rings. The molecule has 1 fully saturated rings. The predicted octanol–water partition coefficient (Wildman–Crippen LogP) is -0.401. The Bertz CT molecular complexity index is 420. The number of aliphatic hydroxyl groups is 1. The molecule has 2 heterocycles. The highest BCUT2D eigenvalue weighted by atomic mass is 16.3. The van der Waals surface area contributed by atoms with Crippen LogP contribution in [0.3, 0.4) is 0 Å². The first kappa shape index (κ1) is 10.9. The van der Waals surface area contributed by atoms with Crippen LogP contribution >= 0.6 is 0 Å². The van der Waals surface area contributed by atoms with Crippen molar-refractivity contribution in [3.05, 3.63) is 11.9 Å². The Morgan fingerprint density at radius 1 is 1.69 bits per heavy atom. The van der Waals surface area contributed by atoms with E-state index >= 15 is 0 Å². The predicted molar refractivity (Wildman–Crippen MR) is 58.8 cm³/mol. The molecule has 3 N–H and O–H groups in total. The molecule has 1 amide bonds. The van der Waals surface area contributed by atoms with Gasteiger partial charge in [0.2, 0.25) is 0 Å². The van der Waals surface area contributed by atoms with Crippen LogP contribution in [0.4, 0.5) is 5.69 Å². The summed E-state index contributed by atoms with van der Waals surface area (Å²) in [5.74, 6) is -0.212. The van der Waals surface area contributed by atoms with Gasteiger partial charge in [-0.25, -0.2) is 0 Å². The summed E-state index contributed by atoms with van der Waals surface area (Å²) in [4.78, 5) is 13.5. The SMILES string of the molecule is CCC1(O)CN(C(=O)c2nn(C)cc2N)C1. The summed E-state index contributed by atoms with van der Waals surface area (Å²) in [5.41, 5.74) is 5.58. The van der Waals surface area contributed by atoms with Gasteiger partial charge in [-0.1, -0.05) is 6.92 Å². The quantitative estimate of drug-likeness (QED) is 0.716. The number of hydrogen-bond acceptors (Lipinski definition) is 4. The number of amides is 1. The van der Waals surface area contributed by atoms with Gasteiger partial charge in [0.1, 0.15) is 0 Å². The van der Waals surface area contributed by atoms with Crippen LogP contribution in [0.1, 0.15) is 23.8 Å². The van der Waals surface area contributed by atoms with Crippen LogP contribution in [0.25, 0.3) is 0 Å². The zero-order valence-electron chi connectivity index (χ0n) is 9.47. The van der Waals surface area contributed by atoms with E-state index in [1.807, 2.05) is 6.92 Å². The summed E-state index contributed by atoms with van der Waals surface area (Å²) in [6.45, 7) is 2.62. The maximum Gasteiger partial charge on any atom is 0.276 e. The number of aryl methyl sites for hydroxylation is 1. The number of nitrogen functional groups attached to an aromatic ring is 1. The van der Waals surface area contributed by atoms with Crippen molar-refractivity contribution < 1.29 is 9.90 Å². The maximum atomic E-state index is 11.9. The second-order valence-electron chi connectivity index (χ2n) is 4.35. The fourth-order valence-electron chi connectivity index (χ4n) is 1.85. The molecule has 0 radical (unpaired) electrons. The maximum absolute atomic E-state index is 11.9. The monoisotopic (exact) mass is 224 g/mol. The molecule has 0 spiro atoms. The lowest BCUT2D eigenvalue weighted by atomic mass is 9.91. The van der Waals surface area contributed by atoms with Gasteiger partial charge in [0.05, 0.1) is 24.4 Å². The van der Waals surface area contributed by atoms with Crippen molar-refractivity contribution in [3.63, 3.8) is 0 Å². The van der Waals surface area contributed by atoms with Gasteiger partial charge in [-0.2, -0.15) is 5.10 Å².